The third-order valence-corrected chi connectivity index (χ3v) is 2.36. The van der Waals surface area contributed by atoms with Crippen molar-refractivity contribution in [2.24, 2.45) is 0 Å². The van der Waals surface area contributed by atoms with E-state index in [2.05, 4.69) is 32.8 Å². The van der Waals surface area contributed by atoms with E-state index in [1.807, 2.05) is 12.1 Å². The van der Waals surface area contributed by atoms with Gasteiger partial charge in [-0.25, -0.2) is 0 Å². The topological polar surface area (TPSA) is 20.2 Å². The van der Waals surface area contributed by atoms with E-state index in [0.717, 1.165) is 21.6 Å². The summed E-state index contributed by atoms with van der Waals surface area (Å²) in [4.78, 5) is 0. The van der Waals surface area contributed by atoms with E-state index in [4.69, 9.17) is 0 Å². The maximum absolute atomic E-state index is 9.40. The van der Waals surface area contributed by atoms with Crippen molar-refractivity contribution >= 4 is 32.8 Å². The number of aromatic hydroxyl groups is 1. The zero-order valence-corrected chi connectivity index (χ0v) is 9.13. The third kappa shape index (κ3) is 2.48. The Morgan fingerprint density at radius 1 is 1.45 bits per heavy atom. The van der Waals surface area contributed by atoms with Crippen molar-refractivity contribution in [1.82, 2.24) is 0 Å². The minimum atomic E-state index is 0.398. The first-order valence-corrected chi connectivity index (χ1v) is 5.14. The van der Waals surface area contributed by atoms with E-state index in [0.29, 0.717) is 5.75 Å². The molecule has 0 aromatic heterocycles. The van der Waals surface area contributed by atoms with Crippen LogP contribution in [-0.4, -0.2) is 15.3 Å². The fourth-order valence-corrected chi connectivity index (χ4v) is 1.63. The van der Waals surface area contributed by atoms with Crippen molar-refractivity contribution in [2.45, 2.75) is 12.5 Å². The molecule has 0 aliphatic carbocycles. The summed E-state index contributed by atoms with van der Waals surface area (Å²) in [5.41, 5.74) is 1.00. The first-order chi connectivity index (χ1) is 5.24. The number of phenolic OH excluding ortho intramolecular Hbond substituents is 1. The molecule has 57 valence electrons. The van der Waals surface area contributed by atoms with Crippen LogP contribution in [0.25, 0.3) is 0 Å². The minimum absolute atomic E-state index is 0.398. The lowest BCUT2D eigenvalue weighted by Crippen LogP contribution is -1.85. The third-order valence-electron chi connectivity index (χ3n) is 1.44. The molecule has 1 nitrogen and oxygen atoms in total. The molecular weight excluding hydrogens is 267 g/mol. The summed E-state index contributed by atoms with van der Waals surface area (Å²) < 4.78 is 1.07. The predicted octanol–water partition coefficient (Wildman–Crippen LogP) is 2.13. The van der Waals surface area contributed by atoms with Crippen molar-refractivity contribution in [3.05, 3.63) is 27.3 Å². The van der Waals surface area contributed by atoms with Gasteiger partial charge in [-0.05, 0) is 46.7 Å². The Balaban J connectivity index is 2.90. The number of aryl methyl sites for hydroxylation is 1. The van der Waals surface area contributed by atoms with Gasteiger partial charge in [0.1, 0.15) is 5.75 Å². The van der Waals surface area contributed by atoms with Gasteiger partial charge in [0.2, 0.25) is 0 Å². The van der Waals surface area contributed by atoms with E-state index in [1.165, 1.54) is 0 Å². The predicted molar refractivity (Wildman–Crippen MR) is 55.1 cm³/mol. The lowest BCUT2D eigenvalue weighted by molar-refractivity contribution is 0.468. The molecule has 0 heterocycles. The fourth-order valence-electron chi connectivity index (χ4n) is 0.883. The standard InChI is InChI=1S/C8H8IOSi/c9-7-2-1-6(3-4-11)8(10)5-7/h1-2,5,10H,3-4H2. The molecule has 1 N–H and O–H groups in total. The molecule has 0 bridgehead atoms. The molecule has 0 saturated heterocycles. The summed E-state index contributed by atoms with van der Waals surface area (Å²) in [6, 6.07) is 6.61. The van der Waals surface area contributed by atoms with Crippen molar-refractivity contribution in [3.8, 4) is 5.75 Å². The summed E-state index contributed by atoms with van der Waals surface area (Å²) in [6.07, 6.45) is 0.875. The van der Waals surface area contributed by atoms with Gasteiger partial charge in [-0.1, -0.05) is 12.1 Å². The summed E-state index contributed by atoms with van der Waals surface area (Å²) in [5.74, 6) is 0.398. The molecule has 11 heavy (non-hydrogen) atoms. The highest BCUT2D eigenvalue weighted by atomic mass is 127. The van der Waals surface area contributed by atoms with Crippen LogP contribution in [0.2, 0.25) is 6.04 Å². The number of phenols is 1. The SMILES string of the molecule is Oc1cc(I)ccc1CC[Si]. The van der Waals surface area contributed by atoms with Gasteiger partial charge in [0, 0.05) is 13.8 Å². The smallest absolute Gasteiger partial charge is 0.119 e. The Morgan fingerprint density at radius 3 is 2.73 bits per heavy atom. The van der Waals surface area contributed by atoms with Gasteiger partial charge in [-0.3, -0.25) is 0 Å². The van der Waals surface area contributed by atoms with E-state index < -0.39 is 0 Å². The molecule has 3 heteroatoms. The van der Waals surface area contributed by atoms with Gasteiger partial charge in [0.05, 0.1) is 0 Å². The summed E-state index contributed by atoms with van der Waals surface area (Å²) in [6.45, 7) is 0. The highest BCUT2D eigenvalue weighted by Gasteiger charge is 1.98. The molecule has 3 radical (unpaired) electrons. The second kappa shape index (κ2) is 4.11. The van der Waals surface area contributed by atoms with Crippen LogP contribution in [0.4, 0.5) is 0 Å². The average Bonchev–Trinajstić information content (AvgIpc) is 1.95. The lowest BCUT2D eigenvalue weighted by Gasteiger charge is -2.01. The summed E-state index contributed by atoms with van der Waals surface area (Å²) >= 11 is 2.18. The van der Waals surface area contributed by atoms with Gasteiger partial charge in [0.15, 0.2) is 0 Å². The number of benzene rings is 1. The highest BCUT2D eigenvalue weighted by Crippen LogP contribution is 2.20. The molecule has 0 aliphatic rings. The zero-order chi connectivity index (χ0) is 8.27. The number of halogens is 1. The molecule has 0 fully saturated rings. The van der Waals surface area contributed by atoms with E-state index >= 15 is 0 Å². The molecule has 1 rings (SSSR count). The van der Waals surface area contributed by atoms with Crippen LogP contribution < -0.4 is 0 Å². The van der Waals surface area contributed by atoms with E-state index in [9.17, 15) is 5.11 Å². The van der Waals surface area contributed by atoms with Gasteiger partial charge in [-0.2, -0.15) is 0 Å². The normalized spacial score (nSPS) is 10.0. The monoisotopic (exact) mass is 275 g/mol. The first kappa shape index (κ1) is 9.06. The average molecular weight is 275 g/mol. The Morgan fingerprint density at radius 2 is 2.18 bits per heavy atom. The largest absolute Gasteiger partial charge is 0.508 e. The van der Waals surface area contributed by atoms with Crippen LogP contribution >= 0.6 is 22.6 Å². The zero-order valence-electron chi connectivity index (χ0n) is 5.97. The molecule has 0 saturated carbocycles. The number of hydrogen-bond donors (Lipinski definition) is 1. The maximum atomic E-state index is 9.40. The first-order valence-electron chi connectivity index (χ1n) is 3.36. The molecule has 1 aromatic carbocycles. The van der Waals surface area contributed by atoms with Gasteiger partial charge in [-0.15, -0.1) is 0 Å². The second-order valence-corrected chi connectivity index (χ2v) is 4.02. The van der Waals surface area contributed by atoms with Crippen LogP contribution in [0.1, 0.15) is 5.56 Å². The van der Waals surface area contributed by atoms with Gasteiger partial charge < -0.3 is 5.11 Å². The quantitative estimate of drug-likeness (QED) is 0.647. The van der Waals surface area contributed by atoms with Crippen molar-refractivity contribution in [3.63, 3.8) is 0 Å². The van der Waals surface area contributed by atoms with E-state index in [1.54, 1.807) is 6.07 Å². The molecule has 0 amide bonds. The van der Waals surface area contributed by atoms with Gasteiger partial charge in [0.25, 0.3) is 0 Å². The minimum Gasteiger partial charge on any atom is -0.508 e. The molecule has 0 atom stereocenters. The Kier molecular flexibility index (Phi) is 3.38. The van der Waals surface area contributed by atoms with Crippen LogP contribution in [0, 0.1) is 3.57 Å². The van der Waals surface area contributed by atoms with Crippen LogP contribution in [0.15, 0.2) is 18.2 Å². The van der Waals surface area contributed by atoms with Gasteiger partial charge >= 0.3 is 0 Å². The van der Waals surface area contributed by atoms with Crippen LogP contribution in [-0.2, 0) is 6.42 Å². The number of hydrogen-bond acceptors (Lipinski definition) is 1. The summed E-state index contributed by atoms with van der Waals surface area (Å²) in [5, 5.41) is 9.40. The van der Waals surface area contributed by atoms with E-state index in [-0.39, 0.29) is 0 Å². The highest BCUT2D eigenvalue weighted by molar-refractivity contribution is 14.1. The Labute approximate surface area is 83.4 Å². The summed E-state index contributed by atoms with van der Waals surface area (Å²) in [7, 11) is 3.37. The molecule has 0 aliphatic heterocycles. The fraction of sp³-hybridized carbons (Fsp3) is 0.250. The molecule has 0 unspecified atom stereocenters. The van der Waals surface area contributed by atoms with Crippen molar-refractivity contribution in [1.29, 1.82) is 0 Å². The Hall–Kier alpha value is -0.0331. The molecule has 1 aromatic rings. The molecule has 0 spiro atoms. The van der Waals surface area contributed by atoms with Crippen LogP contribution in [0.3, 0.4) is 0 Å². The van der Waals surface area contributed by atoms with Crippen molar-refractivity contribution in [2.75, 3.05) is 0 Å². The maximum Gasteiger partial charge on any atom is 0.119 e. The number of rotatable bonds is 2. The second-order valence-electron chi connectivity index (χ2n) is 2.27. The lowest BCUT2D eigenvalue weighted by atomic mass is 10.1. The van der Waals surface area contributed by atoms with Crippen LogP contribution in [0.5, 0.6) is 5.75 Å². The molecular formula is C8H8IOSi. The van der Waals surface area contributed by atoms with Crippen molar-refractivity contribution < 1.29 is 5.11 Å². The Bertz CT molecular complexity index is 250.